The van der Waals surface area contributed by atoms with Crippen LogP contribution in [0.1, 0.15) is 51.5 Å². The second kappa shape index (κ2) is 11.4. The molecule has 3 atom stereocenters. The molecule has 7 nitrogen and oxygen atoms in total. The molecule has 1 aliphatic rings. The van der Waals surface area contributed by atoms with E-state index >= 15 is 0 Å². The fraction of sp³-hybridized carbons (Fsp3) is 0.522. The Morgan fingerprint density at radius 3 is 2.60 bits per heavy atom. The number of nitrogens with one attached hydrogen (secondary N) is 3. The lowest BCUT2D eigenvalue weighted by atomic mass is 9.71. The van der Waals surface area contributed by atoms with Gasteiger partial charge in [0.15, 0.2) is 0 Å². The Labute approximate surface area is 178 Å². The first kappa shape index (κ1) is 23.4. The summed E-state index contributed by atoms with van der Waals surface area (Å²) in [5, 5.41) is 8.60. The fourth-order valence-electron chi connectivity index (χ4n) is 3.89. The molecule has 1 aliphatic carbocycles. The maximum atomic E-state index is 13.2. The van der Waals surface area contributed by atoms with Crippen LogP contribution in [0.5, 0.6) is 0 Å². The lowest BCUT2D eigenvalue weighted by Gasteiger charge is -2.45. The van der Waals surface area contributed by atoms with E-state index in [1.54, 1.807) is 6.08 Å². The molecule has 3 N–H and O–H groups in total. The molecule has 1 saturated carbocycles. The Morgan fingerprint density at radius 2 is 1.97 bits per heavy atom. The second-order valence-electron chi connectivity index (χ2n) is 7.80. The van der Waals surface area contributed by atoms with E-state index in [2.05, 4.69) is 22.5 Å². The minimum atomic E-state index is -1.25. The summed E-state index contributed by atoms with van der Waals surface area (Å²) in [5.41, 5.74) is -0.379. The van der Waals surface area contributed by atoms with Crippen molar-refractivity contribution in [3.63, 3.8) is 0 Å². The summed E-state index contributed by atoms with van der Waals surface area (Å²) in [6.45, 7) is 7.92. The molecule has 1 aromatic carbocycles. The van der Waals surface area contributed by atoms with Gasteiger partial charge in [-0.2, -0.15) is 0 Å². The molecular formula is C23H33N3O4. The molecular weight excluding hydrogens is 382 g/mol. The highest BCUT2D eigenvalue weighted by Crippen LogP contribution is 2.34. The average Bonchev–Trinajstić information content (AvgIpc) is 2.74. The van der Waals surface area contributed by atoms with Gasteiger partial charge < -0.3 is 20.7 Å². The summed E-state index contributed by atoms with van der Waals surface area (Å²) in [6, 6.07) is 8.78. The molecule has 7 heteroatoms. The van der Waals surface area contributed by atoms with Gasteiger partial charge in [0.05, 0.1) is 6.04 Å². The number of rotatable bonds is 9. The van der Waals surface area contributed by atoms with Crippen LogP contribution in [0.2, 0.25) is 0 Å². The van der Waals surface area contributed by atoms with Crippen LogP contribution in [0.15, 0.2) is 43.0 Å². The van der Waals surface area contributed by atoms with Crippen LogP contribution in [0, 0.1) is 5.92 Å². The zero-order valence-electron chi connectivity index (χ0n) is 17.9. The van der Waals surface area contributed by atoms with Gasteiger partial charge in [-0.1, -0.05) is 49.8 Å². The number of alkyl carbamates (subject to hydrolysis) is 1. The molecule has 0 heterocycles. The highest BCUT2D eigenvalue weighted by atomic mass is 16.5. The van der Waals surface area contributed by atoms with Gasteiger partial charge in [0.1, 0.15) is 12.1 Å². The fourth-order valence-corrected chi connectivity index (χ4v) is 3.89. The molecule has 1 aromatic rings. The highest BCUT2D eigenvalue weighted by molar-refractivity contribution is 5.92. The maximum Gasteiger partial charge on any atom is 0.407 e. The molecule has 0 saturated heterocycles. The Hall–Kier alpha value is -2.83. The van der Waals surface area contributed by atoms with Crippen molar-refractivity contribution in [3.05, 3.63) is 48.6 Å². The van der Waals surface area contributed by atoms with Gasteiger partial charge >= 0.3 is 6.09 Å². The summed E-state index contributed by atoms with van der Waals surface area (Å²) < 4.78 is 5.35. The van der Waals surface area contributed by atoms with Crippen LogP contribution in [0.4, 0.5) is 4.79 Å². The van der Waals surface area contributed by atoms with Crippen LogP contribution >= 0.6 is 0 Å². The number of benzene rings is 1. The standard InChI is InChI=1S/C23H33N3O4/c1-4-6-14-24-21(28)23(26-17(3)27)15-18(5-2)12-13-20(23)25-22(29)30-16-19-10-8-7-9-11-19/h5,7-11,18,20H,2,4,6,12-16H2,1,3H3,(H,24,28)(H,25,29)(H,26,27). The zero-order chi connectivity index (χ0) is 22.0. The molecule has 0 aromatic heterocycles. The summed E-state index contributed by atoms with van der Waals surface area (Å²) in [6.07, 6.45) is 4.63. The zero-order valence-corrected chi connectivity index (χ0v) is 17.9. The predicted octanol–water partition coefficient (Wildman–Crippen LogP) is 3.06. The van der Waals surface area contributed by atoms with Gasteiger partial charge in [-0.05, 0) is 37.2 Å². The largest absolute Gasteiger partial charge is 0.445 e. The summed E-state index contributed by atoms with van der Waals surface area (Å²) in [5.74, 6) is -0.548. The van der Waals surface area contributed by atoms with E-state index in [1.165, 1.54) is 6.92 Å². The lowest BCUT2D eigenvalue weighted by molar-refractivity contribution is -0.136. The molecule has 0 bridgehead atoms. The SMILES string of the molecule is C=CC1CCC(NC(=O)OCc2ccccc2)C(NC(C)=O)(C(=O)NCCCC)C1. The van der Waals surface area contributed by atoms with E-state index in [-0.39, 0.29) is 24.3 Å². The van der Waals surface area contributed by atoms with Crippen molar-refractivity contribution in [2.24, 2.45) is 5.92 Å². The average molecular weight is 416 g/mol. The number of hydrogen-bond acceptors (Lipinski definition) is 4. The van der Waals surface area contributed by atoms with Gasteiger partial charge in [0.25, 0.3) is 0 Å². The van der Waals surface area contributed by atoms with Crippen LogP contribution in [-0.4, -0.2) is 36.0 Å². The summed E-state index contributed by atoms with van der Waals surface area (Å²) in [7, 11) is 0. The second-order valence-corrected chi connectivity index (χ2v) is 7.80. The number of hydrogen-bond donors (Lipinski definition) is 3. The number of amides is 3. The number of allylic oxidation sites excluding steroid dienone is 1. The van der Waals surface area contributed by atoms with Crippen LogP contribution in [0.3, 0.4) is 0 Å². The van der Waals surface area contributed by atoms with Crippen molar-refractivity contribution < 1.29 is 19.1 Å². The van der Waals surface area contributed by atoms with Crippen LogP contribution in [-0.2, 0) is 20.9 Å². The number of unbranched alkanes of at least 4 members (excludes halogenated alkanes) is 1. The smallest absolute Gasteiger partial charge is 0.407 e. The van der Waals surface area contributed by atoms with Crippen molar-refractivity contribution in [1.82, 2.24) is 16.0 Å². The molecule has 0 aliphatic heterocycles. The van der Waals surface area contributed by atoms with Crippen molar-refractivity contribution in [1.29, 1.82) is 0 Å². The third-order valence-corrected chi connectivity index (χ3v) is 5.46. The van der Waals surface area contributed by atoms with E-state index in [4.69, 9.17) is 4.74 Å². The first-order chi connectivity index (χ1) is 14.4. The topological polar surface area (TPSA) is 96.5 Å². The minimum absolute atomic E-state index is 0.0622. The number of carbonyl (C=O) groups excluding carboxylic acids is 3. The van der Waals surface area contributed by atoms with Crippen molar-refractivity contribution >= 4 is 17.9 Å². The quantitative estimate of drug-likeness (QED) is 0.427. The van der Waals surface area contributed by atoms with E-state index in [0.29, 0.717) is 19.4 Å². The third kappa shape index (κ3) is 6.34. The molecule has 164 valence electrons. The van der Waals surface area contributed by atoms with Gasteiger partial charge in [-0.15, -0.1) is 6.58 Å². The predicted molar refractivity (Wildman–Crippen MR) is 116 cm³/mol. The number of ether oxygens (including phenoxy) is 1. The lowest BCUT2D eigenvalue weighted by Crippen LogP contribution is -2.71. The van der Waals surface area contributed by atoms with Gasteiger partial charge in [0, 0.05) is 13.5 Å². The normalized spacial score (nSPS) is 23.1. The summed E-state index contributed by atoms with van der Waals surface area (Å²) >= 11 is 0. The Morgan fingerprint density at radius 1 is 1.23 bits per heavy atom. The van der Waals surface area contributed by atoms with E-state index in [9.17, 15) is 14.4 Å². The molecule has 0 radical (unpaired) electrons. The highest BCUT2D eigenvalue weighted by Gasteiger charge is 2.50. The van der Waals surface area contributed by atoms with Crippen LogP contribution in [0.25, 0.3) is 0 Å². The first-order valence-corrected chi connectivity index (χ1v) is 10.6. The van der Waals surface area contributed by atoms with Crippen molar-refractivity contribution in [3.8, 4) is 0 Å². The molecule has 3 amide bonds. The Bertz CT molecular complexity index is 737. The van der Waals surface area contributed by atoms with E-state index < -0.39 is 17.7 Å². The van der Waals surface area contributed by atoms with Gasteiger partial charge in [0.2, 0.25) is 11.8 Å². The van der Waals surface area contributed by atoms with Gasteiger partial charge in [-0.3, -0.25) is 9.59 Å². The molecule has 1 fully saturated rings. The molecule has 0 spiro atoms. The maximum absolute atomic E-state index is 13.2. The van der Waals surface area contributed by atoms with E-state index in [0.717, 1.165) is 24.8 Å². The minimum Gasteiger partial charge on any atom is -0.445 e. The Kier molecular flexibility index (Phi) is 8.89. The molecule has 30 heavy (non-hydrogen) atoms. The van der Waals surface area contributed by atoms with Crippen molar-refractivity contribution in [2.45, 2.75) is 64.1 Å². The monoisotopic (exact) mass is 415 g/mol. The number of carbonyl (C=O) groups is 3. The third-order valence-electron chi connectivity index (χ3n) is 5.46. The molecule has 3 unspecified atom stereocenters. The molecule has 2 rings (SSSR count). The Balaban J connectivity index is 2.16. The first-order valence-electron chi connectivity index (χ1n) is 10.6. The van der Waals surface area contributed by atoms with Crippen molar-refractivity contribution in [2.75, 3.05) is 6.54 Å². The van der Waals surface area contributed by atoms with Gasteiger partial charge in [-0.25, -0.2) is 4.79 Å². The van der Waals surface area contributed by atoms with Crippen LogP contribution < -0.4 is 16.0 Å². The summed E-state index contributed by atoms with van der Waals surface area (Å²) in [4.78, 5) is 37.7. The van der Waals surface area contributed by atoms with E-state index in [1.807, 2.05) is 37.3 Å².